The second-order valence-electron chi connectivity index (χ2n) is 6.37. The van der Waals surface area contributed by atoms with Gasteiger partial charge < -0.3 is 15.0 Å². The number of nitrogens with one attached hydrogen (secondary N) is 1. The van der Waals surface area contributed by atoms with Gasteiger partial charge >= 0.3 is 0 Å². The van der Waals surface area contributed by atoms with Gasteiger partial charge in [-0.3, -0.25) is 14.6 Å². The molecule has 0 radical (unpaired) electrons. The first-order chi connectivity index (χ1) is 13.9. The molecule has 10 heteroatoms. The first kappa shape index (κ1) is 20.7. The predicted molar refractivity (Wildman–Crippen MR) is 107 cm³/mol. The Morgan fingerprint density at radius 3 is 2.62 bits per heavy atom. The van der Waals surface area contributed by atoms with Crippen LogP contribution in [0.15, 0.2) is 48.0 Å². The maximum Gasteiger partial charge on any atom is 0.243 e. The van der Waals surface area contributed by atoms with Gasteiger partial charge in [-0.05, 0) is 18.2 Å². The van der Waals surface area contributed by atoms with Crippen LogP contribution in [0.3, 0.4) is 0 Å². The Hall–Kier alpha value is -2.98. The number of carbonyl (C=O) groups excluding carboxylic acids is 2. The van der Waals surface area contributed by atoms with Crippen molar-refractivity contribution in [3.05, 3.63) is 43.1 Å². The van der Waals surface area contributed by atoms with Crippen LogP contribution in [0.4, 0.5) is 0 Å². The predicted octanol–water partition coefficient (Wildman–Crippen LogP) is 0.379. The number of hydrogen-bond donors (Lipinski definition) is 1. The molecule has 3 rings (SSSR count). The van der Waals surface area contributed by atoms with Crippen LogP contribution in [0.25, 0.3) is 10.9 Å². The van der Waals surface area contributed by atoms with Crippen molar-refractivity contribution in [1.82, 2.24) is 19.5 Å². The molecule has 1 aliphatic rings. The number of hydrogen-bond acceptors (Lipinski definition) is 6. The van der Waals surface area contributed by atoms with Crippen LogP contribution in [-0.4, -0.2) is 74.3 Å². The first-order valence-corrected chi connectivity index (χ1v) is 10.4. The number of para-hydroxylation sites is 1. The number of pyridine rings is 1. The summed E-state index contributed by atoms with van der Waals surface area (Å²) in [6.07, 6.45) is 2.53. The SMILES string of the molecule is C=CC(=O)NCC(=O)N1CCN(S(=O)(=O)c2ccnc3c(OC)cccc23)CC1. The van der Waals surface area contributed by atoms with Crippen LogP contribution in [0.2, 0.25) is 0 Å². The summed E-state index contributed by atoms with van der Waals surface area (Å²) < 4.78 is 33.1. The molecule has 0 atom stereocenters. The van der Waals surface area contributed by atoms with E-state index < -0.39 is 15.9 Å². The third-order valence-electron chi connectivity index (χ3n) is 4.72. The lowest BCUT2D eigenvalue weighted by Gasteiger charge is -2.34. The minimum Gasteiger partial charge on any atom is -0.494 e. The zero-order chi connectivity index (χ0) is 21.0. The van der Waals surface area contributed by atoms with Crippen LogP contribution in [-0.2, 0) is 19.6 Å². The van der Waals surface area contributed by atoms with Gasteiger partial charge in [0, 0.05) is 37.8 Å². The highest BCUT2D eigenvalue weighted by Crippen LogP contribution is 2.30. The smallest absolute Gasteiger partial charge is 0.243 e. The van der Waals surface area contributed by atoms with Gasteiger partial charge in [0.25, 0.3) is 0 Å². The van der Waals surface area contributed by atoms with E-state index in [0.29, 0.717) is 16.7 Å². The van der Waals surface area contributed by atoms with Crippen molar-refractivity contribution in [2.45, 2.75) is 4.90 Å². The van der Waals surface area contributed by atoms with Gasteiger partial charge in [-0.25, -0.2) is 8.42 Å². The monoisotopic (exact) mass is 418 g/mol. The van der Waals surface area contributed by atoms with Crippen molar-refractivity contribution in [2.75, 3.05) is 39.8 Å². The minimum atomic E-state index is -3.78. The van der Waals surface area contributed by atoms with Crippen molar-refractivity contribution in [1.29, 1.82) is 0 Å². The number of sulfonamides is 1. The summed E-state index contributed by atoms with van der Waals surface area (Å²) in [4.78, 5) is 29.3. The van der Waals surface area contributed by atoms with Crippen molar-refractivity contribution in [2.24, 2.45) is 0 Å². The number of benzene rings is 1. The molecule has 1 aromatic carbocycles. The normalized spacial score (nSPS) is 15.1. The largest absolute Gasteiger partial charge is 0.494 e. The Kier molecular flexibility index (Phi) is 6.14. The molecule has 1 N–H and O–H groups in total. The maximum atomic E-state index is 13.2. The van der Waals surface area contributed by atoms with Crippen LogP contribution in [0.5, 0.6) is 5.75 Å². The standard InChI is InChI=1S/C19H22N4O5S/c1-3-17(24)21-13-18(25)22-9-11-23(12-10-22)29(26,27)16-7-8-20-19-14(16)5-4-6-15(19)28-2/h3-8H,1,9-13H2,2H3,(H,21,24). The van der Waals surface area contributed by atoms with E-state index in [9.17, 15) is 18.0 Å². The molecular formula is C19H22N4O5S. The summed E-state index contributed by atoms with van der Waals surface area (Å²) >= 11 is 0. The fraction of sp³-hybridized carbons (Fsp3) is 0.316. The Morgan fingerprint density at radius 1 is 1.24 bits per heavy atom. The lowest BCUT2D eigenvalue weighted by atomic mass is 10.2. The maximum absolute atomic E-state index is 13.2. The highest BCUT2D eigenvalue weighted by molar-refractivity contribution is 7.89. The van der Waals surface area contributed by atoms with Crippen molar-refractivity contribution >= 4 is 32.7 Å². The molecule has 2 aromatic rings. The van der Waals surface area contributed by atoms with E-state index in [2.05, 4.69) is 16.9 Å². The summed E-state index contributed by atoms with van der Waals surface area (Å²) in [5.74, 6) is -0.201. The lowest BCUT2D eigenvalue weighted by Crippen LogP contribution is -2.52. The highest BCUT2D eigenvalue weighted by atomic mass is 32.2. The second kappa shape index (κ2) is 8.58. The number of carbonyl (C=O) groups is 2. The molecule has 1 aromatic heterocycles. The summed E-state index contributed by atoms with van der Waals surface area (Å²) in [6.45, 7) is 4.00. The van der Waals surface area contributed by atoms with Gasteiger partial charge in [-0.1, -0.05) is 18.7 Å². The molecule has 1 aliphatic heterocycles. The van der Waals surface area contributed by atoms with Gasteiger partial charge in [0.15, 0.2) is 0 Å². The molecule has 154 valence electrons. The third kappa shape index (κ3) is 4.22. The van der Waals surface area contributed by atoms with E-state index in [-0.39, 0.29) is 43.5 Å². The number of methoxy groups -OCH3 is 1. The molecule has 2 heterocycles. The Morgan fingerprint density at radius 2 is 1.97 bits per heavy atom. The van der Waals surface area contributed by atoms with E-state index in [1.165, 1.54) is 28.6 Å². The number of nitrogens with zero attached hydrogens (tertiary/aromatic N) is 3. The summed E-state index contributed by atoms with van der Waals surface area (Å²) in [5.41, 5.74) is 0.475. The molecule has 2 amide bonds. The fourth-order valence-electron chi connectivity index (χ4n) is 3.18. The number of rotatable bonds is 6. The Labute approximate surface area is 169 Å². The van der Waals surface area contributed by atoms with E-state index >= 15 is 0 Å². The third-order valence-corrected chi connectivity index (χ3v) is 6.68. The molecule has 0 aliphatic carbocycles. The molecule has 1 saturated heterocycles. The molecule has 0 unspecified atom stereocenters. The Balaban J connectivity index is 1.76. The summed E-state index contributed by atoms with van der Waals surface area (Å²) in [6, 6.07) is 6.61. The molecule has 0 spiro atoms. The summed E-state index contributed by atoms with van der Waals surface area (Å²) in [5, 5.41) is 2.91. The molecule has 1 fully saturated rings. The van der Waals surface area contributed by atoms with E-state index in [0.717, 1.165) is 6.08 Å². The molecule has 0 bridgehead atoms. The van der Waals surface area contributed by atoms with Crippen molar-refractivity contribution in [3.63, 3.8) is 0 Å². The van der Waals surface area contributed by atoms with E-state index in [1.54, 1.807) is 18.2 Å². The fourth-order valence-corrected chi connectivity index (χ4v) is 4.77. The van der Waals surface area contributed by atoms with Crippen LogP contribution < -0.4 is 10.1 Å². The van der Waals surface area contributed by atoms with Gasteiger partial charge in [0.1, 0.15) is 11.3 Å². The van der Waals surface area contributed by atoms with E-state index in [1.807, 2.05) is 0 Å². The van der Waals surface area contributed by atoms with Crippen molar-refractivity contribution in [3.8, 4) is 5.75 Å². The van der Waals surface area contributed by atoms with Gasteiger partial charge in [0.2, 0.25) is 21.8 Å². The number of amides is 2. The highest BCUT2D eigenvalue weighted by Gasteiger charge is 2.31. The molecule has 9 nitrogen and oxygen atoms in total. The topological polar surface area (TPSA) is 109 Å². The molecule has 29 heavy (non-hydrogen) atoms. The molecule has 0 saturated carbocycles. The van der Waals surface area contributed by atoms with Crippen molar-refractivity contribution < 1.29 is 22.7 Å². The quantitative estimate of drug-likeness (QED) is 0.680. The summed E-state index contributed by atoms with van der Waals surface area (Å²) in [7, 11) is -2.27. The van der Waals surface area contributed by atoms with Gasteiger partial charge in [0.05, 0.1) is 18.6 Å². The van der Waals surface area contributed by atoms with Crippen LogP contribution >= 0.6 is 0 Å². The first-order valence-electron chi connectivity index (χ1n) is 8.98. The number of aromatic nitrogens is 1. The minimum absolute atomic E-state index is 0.146. The average molecular weight is 418 g/mol. The Bertz CT molecular complexity index is 1050. The van der Waals surface area contributed by atoms with E-state index in [4.69, 9.17) is 4.74 Å². The lowest BCUT2D eigenvalue weighted by molar-refractivity contribution is -0.133. The van der Waals surface area contributed by atoms with Gasteiger partial charge in [-0.2, -0.15) is 4.31 Å². The molecular weight excluding hydrogens is 396 g/mol. The number of ether oxygens (including phenoxy) is 1. The number of piperazine rings is 1. The van der Waals surface area contributed by atoms with Crippen LogP contribution in [0.1, 0.15) is 0 Å². The zero-order valence-electron chi connectivity index (χ0n) is 16.0. The van der Waals surface area contributed by atoms with Crippen LogP contribution in [0, 0.1) is 0 Å². The number of fused-ring (bicyclic) bond motifs is 1. The second-order valence-corrected chi connectivity index (χ2v) is 8.28. The average Bonchev–Trinajstić information content (AvgIpc) is 2.76. The van der Waals surface area contributed by atoms with Gasteiger partial charge in [-0.15, -0.1) is 0 Å². The zero-order valence-corrected chi connectivity index (χ0v) is 16.8.